The van der Waals surface area contributed by atoms with Crippen molar-refractivity contribution in [3.8, 4) is 0 Å². The molecule has 0 bridgehead atoms. The molecule has 0 aromatic carbocycles. The van der Waals surface area contributed by atoms with Crippen molar-refractivity contribution in [2.75, 3.05) is 26.7 Å². The van der Waals surface area contributed by atoms with Crippen LogP contribution < -0.4 is 5.32 Å². The van der Waals surface area contributed by atoms with Crippen LogP contribution in [0.4, 0.5) is 0 Å². The average molecular weight is 284 g/mol. The Morgan fingerprint density at radius 2 is 1.95 bits per heavy atom. The van der Waals surface area contributed by atoms with Crippen LogP contribution in [0.15, 0.2) is 0 Å². The van der Waals surface area contributed by atoms with Crippen molar-refractivity contribution in [3.05, 3.63) is 0 Å². The largest absolute Gasteiger partial charge is 0.393 e. The van der Waals surface area contributed by atoms with Crippen molar-refractivity contribution < 1.29 is 5.11 Å². The molecular weight excluding hydrogens is 248 g/mol. The second kappa shape index (κ2) is 9.01. The molecule has 2 N–H and O–H groups in total. The summed E-state index contributed by atoms with van der Waals surface area (Å²) in [6.07, 6.45) is 4.75. The Labute approximate surface area is 126 Å². The number of nitrogens with one attached hydrogen (secondary N) is 1. The molecule has 1 rings (SSSR count). The van der Waals surface area contributed by atoms with E-state index in [4.69, 9.17) is 0 Å². The zero-order valence-corrected chi connectivity index (χ0v) is 14.2. The summed E-state index contributed by atoms with van der Waals surface area (Å²) in [4.78, 5) is 2.41. The third kappa shape index (κ3) is 6.11. The van der Waals surface area contributed by atoms with E-state index < -0.39 is 0 Å². The molecule has 0 aromatic heterocycles. The lowest BCUT2D eigenvalue weighted by atomic mass is 9.73. The lowest BCUT2D eigenvalue weighted by Crippen LogP contribution is -2.46. The van der Waals surface area contributed by atoms with Gasteiger partial charge in [-0.2, -0.15) is 0 Å². The van der Waals surface area contributed by atoms with E-state index in [1.807, 2.05) is 6.92 Å². The second-order valence-electron chi connectivity index (χ2n) is 7.14. The van der Waals surface area contributed by atoms with Gasteiger partial charge in [-0.25, -0.2) is 0 Å². The van der Waals surface area contributed by atoms with Crippen molar-refractivity contribution in [2.24, 2.45) is 17.8 Å². The molecule has 0 spiro atoms. The molecule has 1 aliphatic carbocycles. The van der Waals surface area contributed by atoms with Gasteiger partial charge in [0.05, 0.1) is 6.10 Å². The van der Waals surface area contributed by atoms with Gasteiger partial charge < -0.3 is 15.3 Å². The molecule has 1 fully saturated rings. The lowest BCUT2D eigenvalue weighted by molar-refractivity contribution is 0.119. The fourth-order valence-corrected chi connectivity index (χ4v) is 3.54. The van der Waals surface area contributed by atoms with Crippen LogP contribution in [0.1, 0.15) is 53.4 Å². The first-order valence-electron chi connectivity index (χ1n) is 8.54. The maximum absolute atomic E-state index is 9.42. The van der Waals surface area contributed by atoms with E-state index in [0.29, 0.717) is 6.04 Å². The van der Waals surface area contributed by atoms with Gasteiger partial charge in [-0.1, -0.05) is 20.8 Å². The first-order chi connectivity index (χ1) is 9.43. The third-order valence-electron chi connectivity index (χ3n) is 4.91. The van der Waals surface area contributed by atoms with Gasteiger partial charge in [-0.05, 0) is 64.0 Å². The molecule has 0 radical (unpaired) electrons. The molecule has 0 aromatic rings. The minimum absolute atomic E-state index is 0.184. The van der Waals surface area contributed by atoms with Crippen LogP contribution in [0, 0.1) is 17.8 Å². The zero-order valence-electron chi connectivity index (χ0n) is 14.2. The Balaban J connectivity index is 2.50. The number of aliphatic hydroxyl groups is 1. The van der Waals surface area contributed by atoms with Crippen LogP contribution in [0.3, 0.4) is 0 Å². The molecule has 0 heterocycles. The van der Waals surface area contributed by atoms with E-state index in [0.717, 1.165) is 43.8 Å². The van der Waals surface area contributed by atoms with Gasteiger partial charge in [-0.3, -0.25) is 0 Å². The van der Waals surface area contributed by atoms with Crippen molar-refractivity contribution in [1.29, 1.82) is 0 Å². The maximum atomic E-state index is 9.42. The van der Waals surface area contributed by atoms with Gasteiger partial charge in [0.25, 0.3) is 0 Å². The van der Waals surface area contributed by atoms with E-state index in [1.54, 1.807) is 0 Å². The molecule has 1 aliphatic rings. The van der Waals surface area contributed by atoms with Crippen LogP contribution in [0.2, 0.25) is 0 Å². The summed E-state index contributed by atoms with van der Waals surface area (Å²) in [6.45, 7) is 12.1. The SMILES string of the molecule is CCNC1CCC(C(C)C)CC1CN(C)CCC(C)O. The first-order valence-corrected chi connectivity index (χ1v) is 8.54. The predicted molar refractivity (Wildman–Crippen MR) is 86.9 cm³/mol. The normalized spacial score (nSPS) is 29.1. The lowest BCUT2D eigenvalue weighted by Gasteiger charge is -2.40. The molecule has 4 atom stereocenters. The molecule has 1 saturated carbocycles. The van der Waals surface area contributed by atoms with Crippen LogP contribution in [0.25, 0.3) is 0 Å². The highest BCUT2D eigenvalue weighted by Crippen LogP contribution is 2.34. The third-order valence-corrected chi connectivity index (χ3v) is 4.91. The van der Waals surface area contributed by atoms with Gasteiger partial charge in [-0.15, -0.1) is 0 Å². The Kier molecular flexibility index (Phi) is 8.08. The topological polar surface area (TPSA) is 35.5 Å². The second-order valence-corrected chi connectivity index (χ2v) is 7.14. The Morgan fingerprint density at radius 3 is 2.50 bits per heavy atom. The highest BCUT2D eigenvalue weighted by Gasteiger charge is 2.31. The molecule has 3 heteroatoms. The summed E-state index contributed by atoms with van der Waals surface area (Å²) < 4.78 is 0. The maximum Gasteiger partial charge on any atom is 0.0524 e. The van der Waals surface area contributed by atoms with Gasteiger partial charge in [0.15, 0.2) is 0 Å². The molecule has 0 amide bonds. The average Bonchev–Trinajstić information content (AvgIpc) is 2.38. The van der Waals surface area contributed by atoms with E-state index in [9.17, 15) is 5.11 Å². The molecule has 20 heavy (non-hydrogen) atoms. The van der Waals surface area contributed by atoms with Crippen molar-refractivity contribution in [3.63, 3.8) is 0 Å². The van der Waals surface area contributed by atoms with E-state index in [-0.39, 0.29) is 6.10 Å². The van der Waals surface area contributed by atoms with E-state index in [1.165, 1.54) is 19.3 Å². The highest BCUT2D eigenvalue weighted by molar-refractivity contribution is 4.87. The predicted octanol–water partition coefficient (Wildman–Crippen LogP) is 2.74. The molecule has 0 saturated heterocycles. The number of hydrogen-bond acceptors (Lipinski definition) is 3. The van der Waals surface area contributed by atoms with Crippen molar-refractivity contribution >= 4 is 0 Å². The Hall–Kier alpha value is -0.120. The minimum atomic E-state index is -0.184. The Morgan fingerprint density at radius 1 is 1.25 bits per heavy atom. The van der Waals surface area contributed by atoms with Crippen LogP contribution >= 0.6 is 0 Å². The summed E-state index contributed by atoms with van der Waals surface area (Å²) in [7, 11) is 2.20. The summed E-state index contributed by atoms with van der Waals surface area (Å²) in [5, 5.41) is 13.1. The van der Waals surface area contributed by atoms with E-state index in [2.05, 4.69) is 38.0 Å². The zero-order chi connectivity index (χ0) is 15.1. The number of nitrogens with zero attached hydrogens (tertiary/aromatic N) is 1. The number of rotatable bonds is 8. The van der Waals surface area contributed by atoms with Crippen LogP contribution in [0.5, 0.6) is 0 Å². The van der Waals surface area contributed by atoms with Gasteiger partial charge >= 0.3 is 0 Å². The summed E-state index contributed by atoms with van der Waals surface area (Å²) in [5.74, 6) is 2.46. The molecule has 120 valence electrons. The molecule has 3 nitrogen and oxygen atoms in total. The Bertz CT molecular complexity index is 255. The highest BCUT2D eigenvalue weighted by atomic mass is 16.3. The van der Waals surface area contributed by atoms with Crippen molar-refractivity contribution in [2.45, 2.75) is 65.5 Å². The summed E-state index contributed by atoms with van der Waals surface area (Å²) in [6, 6.07) is 0.684. The molecule has 0 aliphatic heterocycles. The van der Waals surface area contributed by atoms with Crippen LogP contribution in [-0.4, -0.2) is 48.8 Å². The van der Waals surface area contributed by atoms with E-state index >= 15 is 0 Å². The van der Waals surface area contributed by atoms with Crippen molar-refractivity contribution in [1.82, 2.24) is 10.2 Å². The first kappa shape index (κ1) is 17.9. The number of hydrogen-bond donors (Lipinski definition) is 2. The standard InChI is InChI=1S/C17H36N2O/c1-6-18-17-8-7-15(13(2)3)11-16(17)12-19(5)10-9-14(4)20/h13-18,20H,6-12H2,1-5H3. The monoisotopic (exact) mass is 284 g/mol. The quantitative estimate of drug-likeness (QED) is 0.719. The van der Waals surface area contributed by atoms with Gasteiger partial charge in [0, 0.05) is 19.1 Å². The fraction of sp³-hybridized carbons (Fsp3) is 1.00. The molecule has 4 unspecified atom stereocenters. The fourth-order valence-electron chi connectivity index (χ4n) is 3.54. The van der Waals surface area contributed by atoms with Gasteiger partial charge in [0.2, 0.25) is 0 Å². The summed E-state index contributed by atoms with van der Waals surface area (Å²) in [5.41, 5.74) is 0. The molecular formula is C17H36N2O. The summed E-state index contributed by atoms with van der Waals surface area (Å²) >= 11 is 0. The van der Waals surface area contributed by atoms with Crippen LogP contribution in [-0.2, 0) is 0 Å². The minimum Gasteiger partial charge on any atom is -0.393 e. The van der Waals surface area contributed by atoms with Gasteiger partial charge in [0.1, 0.15) is 0 Å². The smallest absolute Gasteiger partial charge is 0.0524 e. The number of aliphatic hydroxyl groups excluding tert-OH is 1.